The van der Waals surface area contributed by atoms with Crippen LogP contribution in [0.4, 0.5) is 11.5 Å². The molecule has 3 rings (SSSR count). The average molecular weight is 274 g/mol. The SMILES string of the molecule is Cc1nn(C)cc1Nc1nc(Cl)nc2ccccc12. The van der Waals surface area contributed by atoms with Crippen LogP contribution in [0.15, 0.2) is 30.5 Å². The predicted molar refractivity (Wildman–Crippen MR) is 75.8 cm³/mol. The van der Waals surface area contributed by atoms with Gasteiger partial charge in [-0.25, -0.2) is 4.98 Å². The molecule has 0 radical (unpaired) electrons. The first kappa shape index (κ1) is 11.9. The Morgan fingerprint density at radius 1 is 1.21 bits per heavy atom. The molecule has 0 fully saturated rings. The van der Waals surface area contributed by atoms with Gasteiger partial charge in [0.1, 0.15) is 5.82 Å². The normalized spacial score (nSPS) is 10.9. The van der Waals surface area contributed by atoms with Gasteiger partial charge in [-0.15, -0.1) is 0 Å². The smallest absolute Gasteiger partial charge is 0.224 e. The molecule has 0 amide bonds. The number of aryl methyl sites for hydroxylation is 2. The van der Waals surface area contributed by atoms with Gasteiger partial charge in [-0.05, 0) is 30.7 Å². The summed E-state index contributed by atoms with van der Waals surface area (Å²) < 4.78 is 1.75. The maximum atomic E-state index is 5.95. The molecule has 1 aromatic carbocycles. The Labute approximate surface area is 115 Å². The van der Waals surface area contributed by atoms with E-state index in [-0.39, 0.29) is 5.28 Å². The van der Waals surface area contributed by atoms with Crippen LogP contribution in [0.3, 0.4) is 0 Å². The summed E-state index contributed by atoms with van der Waals surface area (Å²) >= 11 is 5.95. The van der Waals surface area contributed by atoms with Crippen LogP contribution in [-0.4, -0.2) is 19.7 Å². The molecule has 0 unspecified atom stereocenters. The van der Waals surface area contributed by atoms with E-state index in [0.717, 1.165) is 22.3 Å². The van der Waals surface area contributed by atoms with Gasteiger partial charge >= 0.3 is 0 Å². The lowest BCUT2D eigenvalue weighted by Crippen LogP contribution is -1.97. The van der Waals surface area contributed by atoms with Crippen LogP contribution >= 0.6 is 11.6 Å². The summed E-state index contributed by atoms with van der Waals surface area (Å²) in [5.74, 6) is 0.687. The lowest BCUT2D eigenvalue weighted by Gasteiger charge is -2.07. The van der Waals surface area contributed by atoms with Crippen molar-refractivity contribution < 1.29 is 0 Å². The quantitative estimate of drug-likeness (QED) is 0.729. The summed E-state index contributed by atoms with van der Waals surface area (Å²) in [4.78, 5) is 8.45. The topological polar surface area (TPSA) is 55.6 Å². The zero-order valence-electron chi connectivity index (χ0n) is 10.6. The average Bonchev–Trinajstić information content (AvgIpc) is 2.67. The van der Waals surface area contributed by atoms with Crippen LogP contribution in [0.1, 0.15) is 5.69 Å². The van der Waals surface area contributed by atoms with Crippen molar-refractivity contribution in [3.05, 3.63) is 41.4 Å². The van der Waals surface area contributed by atoms with Gasteiger partial charge < -0.3 is 5.32 Å². The summed E-state index contributed by atoms with van der Waals surface area (Å²) in [6.45, 7) is 1.94. The summed E-state index contributed by atoms with van der Waals surface area (Å²) in [7, 11) is 1.88. The Morgan fingerprint density at radius 3 is 2.74 bits per heavy atom. The minimum absolute atomic E-state index is 0.225. The van der Waals surface area contributed by atoms with E-state index in [0.29, 0.717) is 5.82 Å². The second-order valence-electron chi connectivity index (χ2n) is 4.29. The Kier molecular flexibility index (Phi) is 2.83. The van der Waals surface area contributed by atoms with Crippen molar-refractivity contribution in [2.45, 2.75) is 6.92 Å². The van der Waals surface area contributed by atoms with Crippen molar-refractivity contribution in [2.75, 3.05) is 5.32 Å². The molecule has 5 nitrogen and oxygen atoms in total. The molecular weight excluding hydrogens is 262 g/mol. The first-order valence-electron chi connectivity index (χ1n) is 5.83. The Morgan fingerprint density at radius 2 is 2.00 bits per heavy atom. The van der Waals surface area contributed by atoms with Crippen LogP contribution < -0.4 is 5.32 Å². The maximum absolute atomic E-state index is 5.95. The summed E-state index contributed by atoms with van der Waals surface area (Å²) in [6.07, 6.45) is 1.90. The minimum Gasteiger partial charge on any atom is -0.337 e. The molecule has 1 N–H and O–H groups in total. The standard InChI is InChI=1S/C13H12ClN5/c1-8-11(7-19(2)18-8)15-12-9-5-3-4-6-10(9)16-13(14)17-12/h3-7H,1-2H3,(H,15,16,17). The Hall–Kier alpha value is -2.14. The van der Waals surface area contributed by atoms with Gasteiger partial charge in [-0.3, -0.25) is 4.68 Å². The molecule has 0 aliphatic rings. The first-order valence-corrected chi connectivity index (χ1v) is 6.21. The molecular formula is C13H12ClN5. The van der Waals surface area contributed by atoms with Crippen LogP contribution in [-0.2, 0) is 7.05 Å². The van der Waals surface area contributed by atoms with Crippen molar-refractivity contribution in [3.63, 3.8) is 0 Å². The number of benzene rings is 1. The van der Waals surface area contributed by atoms with Gasteiger partial charge in [0.25, 0.3) is 0 Å². The van der Waals surface area contributed by atoms with Crippen molar-refractivity contribution in [2.24, 2.45) is 7.05 Å². The Bertz CT molecular complexity index is 750. The summed E-state index contributed by atoms with van der Waals surface area (Å²) in [5, 5.41) is 8.70. The molecule has 0 saturated heterocycles. The third-order valence-corrected chi connectivity index (χ3v) is 3.01. The first-order chi connectivity index (χ1) is 9.13. The predicted octanol–water partition coefficient (Wildman–Crippen LogP) is 3.07. The van der Waals surface area contributed by atoms with Crippen molar-refractivity contribution in [1.29, 1.82) is 0 Å². The van der Waals surface area contributed by atoms with Gasteiger partial charge in [0, 0.05) is 18.6 Å². The molecule has 0 bridgehead atoms. The van der Waals surface area contributed by atoms with Crippen molar-refractivity contribution in [1.82, 2.24) is 19.7 Å². The molecule has 6 heteroatoms. The van der Waals surface area contributed by atoms with E-state index in [2.05, 4.69) is 20.4 Å². The monoisotopic (exact) mass is 273 g/mol. The van der Waals surface area contributed by atoms with Crippen LogP contribution in [0.5, 0.6) is 0 Å². The van der Waals surface area contributed by atoms with Crippen LogP contribution in [0.2, 0.25) is 5.28 Å². The molecule has 2 heterocycles. The fourth-order valence-electron chi connectivity index (χ4n) is 1.99. The van der Waals surface area contributed by atoms with Crippen LogP contribution in [0, 0.1) is 6.92 Å². The van der Waals surface area contributed by atoms with Gasteiger partial charge in [0.15, 0.2) is 0 Å². The van der Waals surface area contributed by atoms with Gasteiger partial charge in [-0.1, -0.05) is 12.1 Å². The number of rotatable bonds is 2. The summed E-state index contributed by atoms with van der Waals surface area (Å²) in [6, 6.07) is 7.73. The highest BCUT2D eigenvalue weighted by atomic mass is 35.5. The molecule has 2 aromatic heterocycles. The molecule has 0 spiro atoms. The number of hydrogen-bond acceptors (Lipinski definition) is 4. The fraction of sp³-hybridized carbons (Fsp3) is 0.154. The molecule has 3 aromatic rings. The van der Waals surface area contributed by atoms with E-state index in [1.165, 1.54) is 0 Å². The minimum atomic E-state index is 0.225. The number of anilines is 2. The van der Waals surface area contributed by atoms with Gasteiger partial charge in [-0.2, -0.15) is 10.1 Å². The number of aromatic nitrogens is 4. The lowest BCUT2D eigenvalue weighted by molar-refractivity contribution is 0.756. The second-order valence-corrected chi connectivity index (χ2v) is 4.62. The second kappa shape index (κ2) is 4.51. The third kappa shape index (κ3) is 2.24. The van der Waals surface area contributed by atoms with Gasteiger partial charge in [0.05, 0.1) is 16.9 Å². The number of halogens is 1. The summed E-state index contributed by atoms with van der Waals surface area (Å²) in [5.41, 5.74) is 2.62. The van der Waals surface area contributed by atoms with E-state index in [1.54, 1.807) is 4.68 Å². The molecule has 0 atom stereocenters. The zero-order valence-corrected chi connectivity index (χ0v) is 11.3. The molecule has 19 heavy (non-hydrogen) atoms. The van der Waals surface area contributed by atoms with Crippen molar-refractivity contribution >= 4 is 34.0 Å². The fourth-order valence-corrected chi connectivity index (χ4v) is 2.17. The van der Waals surface area contributed by atoms with Crippen LogP contribution in [0.25, 0.3) is 10.9 Å². The maximum Gasteiger partial charge on any atom is 0.224 e. The van der Waals surface area contributed by atoms with E-state index < -0.39 is 0 Å². The zero-order chi connectivity index (χ0) is 13.4. The number of nitrogens with zero attached hydrogens (tertiary/aromatic N) is 4. The molecule has 0 aliphatic carbocycles. The van der Waals surface area contributed by atoms with E-state index in [1.807, 2.05) is 44.4 Å². The Balaban J connectivity index is 2.12. The van der Waals surface area contributed by atoms with E-state index in [4.69, 9.17) is 11.6 Å². The number of hydrogen-bond donors (Lipinski definition) is 1. The molecule has 96 valence electrons. The van der Waals surface area contributed by atoms with Crippen molar-refractivity contribution in [3.8, 4) is 0 Å². The lowest BCUT2D eigenvalue weighted by atomic mass is 10.2. The highest BCUT2D eigenvalue weighted by Crippen LogP contribution is 2.26. The molecule has 0 saturated carbocycles. The van der Waals surface area contributed by atoms with E-state index >= 15 is 0 Å². The largest absolute Gasteiger partial charge is 0.337 e. The molecule has 0 aliphatic heterocycles. The third-order valence-electron chi connectivity index (χ3n) is 2.84. The highest BCUT2D eigenvalue weighted by molar-refractivity contribution is 6.28. The van der Waals surface area contributed by atoms with E-state index in [9.17, 15) is 0 Å². The number of para-hydroxylation sites is 1. The number of nitrogens with one attached hydrogen (secondary N) is 1. The number of fused-ring (bicyclic) bond motifs is 1. The van der Waals surface area contributed by atoms with Gasteiger partial charge in [0.2, 0.25) is 5.28 Å². The highest BCUT2D eigenvalue weighted by Gasteiger charge is 2.09.